The summed E-state index contributed by atoms with van der Waals surface area (Å²) in [5.41, 5.74) is 0. The molecule has 0 aromatic carbocycles. The van der Waals surface area contributed by atoms with E-state index in [1.54, 1.807) is 6.92 Å². The van der Waals surface area contributed by atoms with Crippen LogP contribution in [0.15, 0.2) is 0 Å². The maximum absolute atomic E-state index is 10.2. The van der Waals surface area contributed by atoms with Gasteiger partial charge < -0.3 is 9.29 Å². The first-order valence-corrected chi connectivity index (χ1v) is 3.62. The molecule has 0 N–H and O–H groups in total. The highest BCUT2D eigenvalue weighted by Gasteiger charge is 1.98. The van der Waals surface area contributed by atoms with Crippen LogP contribution in [-0.2, 0) is 20.6 Å². The fraction of sp³-hybridized carbons (Fsp3) is 0.750. The van der Waals surface area contributed by atoms with Crippen LogP contribution in [0.4, 0.5) is 0 Å². The predicted molar refractivity (Wildman–Crippen MR) is 30.4 cm³/mol. The molecule has 54 valence electrons. The molecule has 1 unspecified atom stereocenters. The zero-order valence-corrected chi connectivity index (χ0v) is 5.77. The Morgan fingerprint density at radius 1 is 1.78 bits per heavy atom. The monoisotopic (exact) mass is 151 g/mol. The fourth-order valence-corrected chi connectivity index (χ4v) is 0.575. The quantitative estimate of drug-likeness (QED) is 0.400. The van der Waals surface area contributed by atoms with Crippen molar-refractivity contribution in [3.8, 4) is 0 Å². The van der Waals surface area contributed by atoms with Crippen LogP contribution in [0.3, 0.4) is 0 Å². The molecular formula is C4H7O4S-. The Hall–Kier alpha value is -0.420. The van der Waals surface area contributed by atoms with Crippen LogP contribution >= 0.6 is 0 Å². The molecule has 0 radical (unpaired) electrons. The van der Waals surface area contributed by atoms with E-state index in [2.05, 4.69) is 4.74 Å². The Bertz CT molecular complexity index is 122. The van der Waals surface area contributed by atoms with Crippen molar-refractivity contribution in [3.63, 3.8) is 0 Å². The largest absolute Gasteiger partial charge is 0.772 e. The number of carbonyl (C=O) groups excluding carboxylic acids is 1. The smallest absolute Gasteiger partial charge is 0.317 e. The zero-order valence-electron chi connectivity index (χ0n) is 4.96. The van der Waals surface area contributed by atoms with E-state index in [0.717, 1.165) is 0 Å². The Morgan fingerprint density at radius 2 is 2.33 bits per heavy atom. The highest BCUT2D eigenvalue weighted by Crippen LogP contribution is 1.79. The van der Waals surface area contributed by atoms with Crippen molar-refractivity contribution in [3.05, 3.63) is 0 Å². The van der Waals surface area contributed by atoms with Crippen molar-refractivity contribution in [2.24, 2.45) is 0 Å². The average Bonchev–Trinajstić information content (AvgIpc) is 1.63. The molecule has 0 saturated heterocycles. The Balaban J connectivity index is 3.39. The second-order valence-corrected chi connectivity index (χ2v) is 2.15. The van der Waals surface area contributed by atoms with Gasteiger partial charge in [0.15, 0.2) is 0 Å². The van der Waals surface area contributed by atoms with Crippen LogP contribution in [0.1, 0.15) is 6.92 Å². The molecule has 9 heavy (non-hydrogen) atoms. The molecule has 0 fully saturated rings. The third-order valence-electron chi connectivity index (χ3n) is 0.541. The highest BCUT2D eigenvalue weighted by molar-refractivity contribution is 7.79. The van der Waals surface area contributed by atoms with Gasteiger partial charge in [0.05, 0.1) is 6.61 Å². The second-order valence-electron chi connectivity index (χ2n) is 1.25. The van der Waals surface area contributed by atoms with Gasteiger partial charge in [0, 0.05) is 0 Å². The molecule has 4 nitrogen and oxygen atoms in total. The second kappa shape index (κ2) is 4.46. The molecule has 0 spiro atoms. The van der Waals surface area contributed by atoms with Crippen molar-refractivity contribution in [1.29, 1.82) is 0 Å². The molecule has 5 heteroatoms. The van der Waals surface area contributed by atoms with Crippen LogP contribution in [0.2, 0.25) is 0 Å². The summed E-state index contributed by atoms with van der Waals surface area (Å²) in [6.07, 6.45) is 0. The van der Waals surface area contributed by atoms with E-state index in [-0.39, 0.29) is 6.61 Å². The lowest BCUT2D eigenvalue weighted by molar-refractivity contribution is -0.139. The molecule has 0 amide bonds. The summed E-state index contributed by atoms with van der Waals surface area (Å²) in [5.74, 6) is -1.25. The van der Waals surface area contributed by atoms with Crippen molar-refractivity contribution in [2.75, 3.05) is 12.4 Å². The minimum Gasteiger partial charge on any atom is -0.772 e. The summed E-state index contributed by atoms with van der Waals surface area (Å²) in [6.45, 7) is 1.83. The van der Waals surface area contributed by atoms with Gasteiger partial charge in [-0.05, 0) is 18.0 Å². The number of hydrogen-bond acceptors (Lipinski definition) is 4. The van der Waals surface area contributed by atoms with Gasteiger partial charge in [-0.15, -0.1) is 0 Å². The minimum absolute atomic E-state index is 0.218. The molecule has 0 saturated carbocycles. The van der Waals surface area contributed by atoms with Crippen molar-refractivity contribution in [2.45, 2.75) is 6.92 Å². The summed E-state index contributed by atoms with van der Waals surface area (Å²) in [7, 11) is 0. The SMILES string of the molecule is CCOC(=O)CS(=O)[O-]. The third-order valence-corrected chi connectivity index (χ3v) is 1.01. The standard InChI is InChI=1S/C4H8O4S/c1-2-8-4(5)3-9(6)7/h2-3H2,1H3,(H,6,7)/p-1. The lowest BCUT2D eigenvalue weighted by Crippen LogP contribution is -2.13. The fourth-order valence-electron chi connectivity index (χ4n) is 0.299. The van der Waals surface area contributed by atoms with Gasteiger partial charge in [-0.3, -0.25) is 9.00 Å². The average molecular weight is 151 g/mol. The molecule has 0 aromatic heterocycles. The maximum atomic E-state index is 10.2. The van der Waals surface area contributed by atoms with E-state index in [9.17, 15) is 13.6 Å². The molecule has 0 heterocycles. The molecule has 0 bridgehead atoms. The van der Waals surface area contributed by atoms with Gasteiger partial charge in [0.25, 0.3) is 0 Å². The summed E-state index contributed by atoms with van der Waals surface area (Å²) >= 11 is -2.32. The van der Waals surface area contributed by atoms with Gasteiger partial charge in [0.1, 0.15) is 5.75 Å². The predicted octanol–water partition coefficient (Wildman–Crippen LogP) is -0.571. The number of rotatable bonds is 3. The highest BCUT2D eigenvalue weighted by atomic mass is 32.2. The molecule has 0 aromatic rings. The lowest BCUT2D eigenvalue weighted by atomic mass is 10.8. The Labute approximate surface area is 55.5 Å². The summed E-state index contributed by atoms with van der Waals surface area (Å²) in [5, 5.41) is 0. The topological polar surface area (TPSA) is 66.4 Å². The molecule has 1 atom stereocenters. The summed E-state index contributed by atoms with van der Waals surface area (Å²) in [4.78, 5) is 10.2. The minimum atomic E-state index is -2.32. The van der Waals surface area contributed by atoms with Crippen LogP contribution in [-0.4, -0.2) is 27.1 Å². The third kappa shape index (κ3) is 5.45. The number of hydrogen-bond donors (Lipinski definition) is 0. The van der Waals surface area contributed by atoms with Crippen molar-refractivity contribution in [1.82, 2.24) is 0 Å². The zero-order chi connectivity index (χ0) is 7.28. The van der Waals surface area contributed by atoms with Gasteiger partial charge in [-0.2, -0.15) is 0 Å². The molecule has 0 aliphatic heterocycles. The van der Waals surface area contributed by atoms with E-state index in [1.165, 1.54) is 0 Å². The van der Waals surface area contributed by atoms with Gasteiger partial charge in [-0.25, -0.2) is 0 Å². The molecular weight excluding hydrogens is 144 g/mol. The van der Waals surface area contributed by atoms with Crippen LogP contribution in [0, 0.1) is 0 Å². The van der Waals surface area contributed by atoms with E-state index >= 15 is 0 Å². The number of esters is 1. The van der Waals surface area contributed by atoms with Crippen LogP contribution in [0.5, 0.6) is 0 Å². The number of carbonyl (C=O) groups is 1. The van der Waals surface area contributed by atoms with Crippen molar-refractivity contribution >= 4 is 17.0 Å². The first-order valence-electron chi connectivity index (χ1n) is 2.38. The number of ether oxygens (including phenoxy) is 1. The Kier molecular flexibility index (Phi) is 4.25. The van der Waals surface area contributed by atoms with E-state index in [1.807, 2.05) is 0 Å². The molecule has 0 aliphatic carbocycles. The van der Waals surface area contributed by atoms with E-state index in [4.69, 9.17) is 0 Å². The first kappa shape index (κ1) is 8.58. The summed E-state index contributed by atoms with van der Waals surface area (Å²) in [6, 6.07) is 0. The Morgan fingerprint density at radius 3 is 2.67 bits per heavy atom. The van der Waals surface area contributed by atoms with Crippen LogP contribution in [0.25, 0.3) is 0 Å². The van der Waals surface area contributed by atoms with Crippen molar-refractivity contribution < 1.29 is 18.3 Å². The molecule has 0 rings (SSSR count). The summed E-state index contributed by atoms with van der Waals surface area (Å²) < 4.78 is 23.9. The first-order chi connectivity index (χ1) is 4.16. The molecule has 0 aliphatic rings. The van der Waals surface area contributed by atoms with E-state index in [0.29, 0.717) is 0 Å². The van der Waals surface area contributed by atoms with Crippen LogP contribution < -0.4 is 0 Å². The van der Waals surface area contributed by atoms with Gasteiger partial charge in [0.2, 0.25) is 0 Å². The van der Waals surface area contributed by atoms with Gasteiger partial charge in [-0.1, -0.05) is 0 Å². The normalized spacial score (nSPS) is 12.7. The van der Waals surface area contributed by atoms with Gasteiger partial charge >= 0.3 is 5.97 Å². The lowest BCUT2D eigenvalue weighted by Gasteiger charge is -2.02. The van der Waals surface area contributed by atoms with E-state index < -0.39 is 22.8 Å². The maximum Gasteiger partial charge on any atom is 0.317 e.